The van der Waals surface area contributed by atoms with Crippen LogP contribution in [-0.4, -0.2) is 34.9 Å². The van der Waals surface area contributed by atoms with Crippen molar-refractivity contribution in [2.75, 3.05) is 13.1 Å². The molecule has 0 radical (unpaired) electrons. The number of furan rings is 1. The number of hydrogen-bond donors (Lipinski definition) is 1. The van der Waals surface area contributed by atoms with E-state index in [0.29, 0.717) is 23.9 Å². The zero-order valence-corrected chi connectivity index (χ0v) is 16.2. The molecule has 0 aromatic carbocycles. The topological polar surface area (TPSA) is 72.4 Å². The predicted molar refractivity (Wildman–Crippen MR) is 101 cm³/mol. The molecule has 24 heavy (non-hydrogen) atoms. The number of amides is 1. The van der Waals surface area contributed by atoms with E-state index >= 15 is 0 Å². The minimum absolute atomic E-state index is 0. The van der Waals surface area contributed by atoms with Gasteiger partial charge in [0.05, 0.1) is 6.26 Å². The Morgan fingerprint density at radius 1 is 1.50 bits per heavy atom. The Hall–Kier alpha value is -1.08. The number of hydrogen-bond acceptors (Lipinski definition) is 5. The summed E-state index contributed by atoms with van der Waals surface area (Å²) in [6.45, 7) is 5.41. The predicted octanol–water partition coefficient (Wildman–Crippen LogP) is 3.75. The Morgan fingerprint density at radius 2 is 2.25 bits per heavy atom. The molecule has 1 saturated heterocycles. The molecule has 2 atom stereocenters. The van der Waals surface area contributed by atoms with Crippen LogP contribution in [0.1, 0.15) is 35.1 Å². The van der Waals surface area contributed by atoms with Gasteiger partial charge in [-0.3, -0.25) is 4.79 Å². The third kappa shape index (κ3) is 4.11. The van der Waals surface area contributed by atoms with Crippen LogP contribution in [0.5, 0.6) is 0 Å². The first-order chi connectivity index (χ1) is 10.6. The highest BCUT2D eigenvalue weighted by Crippen LogP contribution is 2.30. The van der Waals surface area contributed by atoms with E-state index in [0.717, 1.165) is 29.3 Å². The molecule has 0 aliphatic carbocycles. The molecule has 3 rings (SSSR count). The molecule has 2 aromatic heterocycles. The molecular formula is C16H23Cl2N3O2S. The summed E-state index contributed by atoms with van der Waals surface area (Å²) in [5.74, 6) is 1.32. The Morgan fingerprint density at radius 3 is 2.88 bits per heavy atom. The molecule has 0 bridgehead atoms. The van der Waals surface area contributed by atoms with Crippen LogP contribution < -0.4 is 5.73 Å². The number of nitrogens with zero attached hydrogens (tertiary/aromatic N) is 2. The van der Waals surface area contributed by atoms with Crippen molar-refractivity contribution in [3.05, 3.63) is 29.0 Å². The van der Waals surface area contributed by atoms with Crippen LogP contribution in [0.3, 0.4) is 0 Å². The molecular weight excluding hydrogens is 369 g/mol. The number of likely N-dealkylation sites (tertiary alicyclic amines) is 1. The second kappa shape index (κ2) is 8.85. The lowest BCUT2D eigenvalue weighted by Crippen LogP contribution is -2.49. The Labute approximate surface area is 158 Å². The maximum absolute atomic E-state index is 12.9. The fraction of sp³-hybridized carbons (Fsp3) is 0.500. The highest BCUT2D eigenvalue weighted by molar-refractivity contribution is 7.15. The summed E-state index contributed by atoms with van der Waals surface area (Å²) in [7, 11) is 0. The fourth-order valence-corrected chi connectivity index (χ4v) is 3.85. The molecule has 0 saturated carbocycles. The number of rotatable bonds is 3. The van der Waals surface area contributed by atoms with Crippen LogP contribution in [0, 0.1) is 12.8 Å². The van der Waals surface area contributed by atoms with E-state index in [1.165, 1.54) is 11.3 Å². The van der Waals surface area contributed by atoms with Gasteiger partial charge in [-0.2, -0.15) is 0 Å². The summed E-state index contributed by atoms with van der Waals surface area (Å²) in [5, 5.41) is 0.750. The monoisotopic (exact) mass is 391 g/mol. The standard InChI is InChI=1S/C16H21N3O2S.2ClH/c1-10-5-6-19(12(8-10)9-17)16(20)14-11(2)22-15(18-14)13-4-3-7-21-13;;/h3-4,7,10,12H,5-6,8-9,17H2,1-2H3;2*1H. The first kappa shape index (κ1) is 21.0. The van der Waals surface area contributed by atoms with Gasteiger partial charge >= 0.3 is 0 Å². The van der Waals surface area contributed by atoms with Crippen LogP contribution in [-0.2, 0) is 0 Å². The van der Waals surface area contributed by atoms with Gasteiger partial charge in [-0.05, 0) is 37.8 Å². The Balaban J connectivity index is 0.00000144. The summed E-state index contributed by atoms with van der Waals surface area (Å²) in [4.78, 5) is 20.2. The van der Waals surface area contributed by atoms with Crippen molar-refractivity contribution in [2.24, 2.45) is 11.7 Å². The number of carbonyl (C=O) groups excluding carboxylic acids is 1. The van der Waals surface area contributed by atoms with Gasteiger partial charge in [0.15, 0.2) is 10.8 Å². The summed E-state index contributed by atoms with van der Waals surface area (Å²) < 4.78 is 5.37. The van der Waals surface area contributed by atoms with E-state index in [4.69, 9.17) is 10.2 Å². The smallest absolute Gasteiger partial charge is 0.273 e. The third-order valence-electron chi connectivity index (χ3n) is 4.24. The van der Waals surface area contributed by atoms with Gasteiger partial charge in [0.1, 0.15) is 5.69 Å². The molecule has 1 fully saturated rings. The van der Waals surface area contributed by atoms with Gasteiger partial charge in [0.2, 0.25) is 0 Å². The number of halogens is 2. The maximum Gasteiger partial charge on any atom is 0.273 e. The number of nitrogens with two attached hydrogens (primary N) is 1. The third-order valence-corrected chi connectivity index (χ3v) is 5.23. The molecule has 8 heteroatoms. The molecule has 2 unspecified atom stereocenters. The van der Waals surface area contributed by atoms with E-state index in [-0.39, 0.29) is 36.8 Å². The van der Waals surface area contributed by atoms with E-state index in [2.05, 4.69) is 11.9 Å². The molecule has 134 valence electrons. The van der Waals surface area contributed by atoms with Gasteiger partial charge in [-0.1, -0.05) is 6.92 Å². The van der Waals surface area contributed by atoms with Crippen molar-refractivity contribution in [3.8, 4) is 10.8 Å². The van der Waals surface area contributed by atoms with Gasteiger partial charge in [-0.25, -0.2) is 4.98 Å². The summed E-state index contributed by atoms with van der Waals surface area (Å²) in [5.41, 5.74) is 6.40. The van der Waals surface area contributed by atoms with E-state index in [1.54, 1.807) is 6.26 Å². The summed E-state index contributed by atoms with van der Waals surface area (Å²) in [6.07, 6.45) is 3.61. The van der Waals surface area contributed by atoms with Gasteiger partial charge in [0, 0.05) is 24.0 Å². The first-order valence-corrected chi connectivity index (χ1v) is 8.44. The van der Waals surface area contributed by atoms with Gasteiger partial charge < -0.3 is 15.1 Å². The molecule has 0 spiro atoms. The highest BCUT2D eigenvalue weighted by Gasteiger charge is 2.31. The van der Waals surface area contributed by atoms with Crippen molar-refractivity contribution in [1.29, 1.82) is 0 Å². The molecule has 1 amide bonds. The average molecular weight is 392 g/mol. The summed E-state index contributed by atoms with van der Waals surface area (Å²) >= 11 is 1.49. The minimum Gasteiger partial charge on any atom is -0.462 e. The fourth-order valence-electron chi connectivity index (χ4n) is 2.98. The lowest BCUT2D eigenvalue weighted by molar-refractivity contribution is 0.0568. The quantitative estimate of drug-likeness (QED) is 0.864. The van der Waals surface area contributed by atoms with Crippen LogP contribution in [0.4, 0.5) is 0 Å². The molecule has 1 aliphatic heterocycles. The largest absolute Gasteiger partial charge is 0.462 e. The summed E-state index contributed by atoms with van der Waals surface area (Å²) in [6, 6.07) is 3.80. The molecule has 2 N–H and O–H groups in total. The average Bonchev–Trinajstić information content (AvgIpc) is 3.15. The van der Waals surface area contributed by atoms with Crippen molar-refractivity contribution >= 4 is 42.1 Å². The minimum atomic E-state index is -0.00564. The van der Waals surface area contributed by atoms with Crippen molar-refractivity contribution in [1.82, 2.24) is 9.88 Å². The molecule has 3 heterocycles. The van der Waals surface area contributed by atoms with Crippen LogP contribution in [0.15, 0.2) is 22.8 Å². The highest BCUT2D eigenvalue weighted by atomic mass is 35.5. The zero-order chi connectivity index (χ0) is 15.7. The SMILES string of the molecule is Cc1sc(-c2ccco2)nc1C(=O)N1CCC(C)CC1CN.Cl.Cl. The van der Waals surface area contributed by atoms with Crippen LogP contribution in [0.25, 0.3) is 10.8 Å². The lowest BCUT2D eigenvalue weighted by Gasteiger charge is -2.37. The van der Waals surface area contributed by atoms with E-state index in [9.17, 15) is 4.79 Å². The zero-order valence-electron chi connectivity index (χ0n) is 13.7. The van der Waals surface area contributed by atoms with Crippen molar-refractivity contribution in [3.63, 3.8) is 0 Å². The van der Waals surface area contributed by atoms with E-state index < -0.39 is 0 Å². The second-order valence-electron chi connectivity index (χ2n) is 5.92. The number of aromatic nitrogens is 1. The Bertz CT molecular complexity index is 660. The number of carbonyl (C=O) groups is 1. The number of aryl methyl sites for hydroxylation is 1. The Kier molecular flexibility index (Phi) is 7.73. The maximum atomic E-state index is 12.9. The van der Waals surface area contributed by atoms with Gasteiger partial charge in [0.25, 0.3) is 5.91 Å². The van der Waals surface area contributed by atoms with Gasteiger partial charge in [-0.15, -0.1) is 36.2 Å². The second-order valence-corrected chi connectivity index (χ2v) is 7.12. The number of piperidine rings is 1. The molecule has 1 aliphatic rings. The van der Waals surface area contributed by atoms with Crippen molar-refractivity contribution < 1.29 is 9.21 Å². The van der Waals surface area contributed by atoms with E-state index in [1.807, 2.05) is 24.0 Å². The first-order valence-electron chi connectivity index (χ1n) is 7.62. The van der Waals surface area contributed by atoms with Crippen LogP contribution in [0.2, 0.25) is 0 Å². The normalized spacial score (nSPS) is 20.2. The molecule has 5 nitrogen and oxygen atoms in total. The lowest BCUT2D eigenvalue weighted by atomic mass is 9.92. The van der Waals surface area contributed by atoms with Crippen molar-refractivity contribution in [2.45, 2.75) is 32.7 Å². The van der Waals surface area contributed by atoms with Crippen LogP contribution >= 0.6 is 36.2 Å². The number of thiazole rings is 1. The molecule has 2 aromatic rings.